The zero-order valence-electron chi connectivity index (χ0n) is 23.9. The second-order valence-corrected chi connectivity index (χ2v) is 17.7. The highest BCUT2D eigenvalue weighted by atomic mass is 32.1. The summed E-state index contributed by atoms with van der Waals surface area (Å²) in [6, 6.07) is 6.96. The molecule has 206 valence electrons. The van der Waals surface area contributed by atoms with Gasteiger partial charge in [-0.15, -0.1) is 10.2 Å². The van der Waals surface area contributed by atoms with E-state index in [0.717, 1.165) is 38.6 Å². The number of fused-ring (bicyclic) bond motifs is 1. The Morgan fingerprint density at radius 2 is 1.92 bits per heavy atom. The molecule has 9 nitrogen and oxygen atoms in total. The van der Waals surface area contributed by atoms with Crippen LogP contribution in [0.25, 0.3) is 11.0 Å². The minimum Gasteiger partial charge on any atom is -0.373 e. The Morgan fingerprint density at radius 3 is 2.55 bits per heavy atom. The van der Waals surface area contributed by atoms with Gasteiger partial charge >= 0.3 is 0 Å². The number of nitrogens with zero attached hydrogens (tertiary/aromatic N) is 6. The number of nitrogens with one attached hydrogen (secondary N) is 1. The molecule has 3 heterocycles. The second kappa shape index (κ2) is 13.5. The van der Waals surface area contributed by atoms with E-state index in [1.165, 1.54) is 0 Å². The molecule has 3 aromatic rings. The minimum atomic E-state index is -1.21. The monoisotopic (exact) mass is 555 g/mol. The van der Waals surface area contributed by atoms with Gasteiger partial charge in [-0.2, -0.15) is 0 Å². The first-order valence-corrected chi connectivity index (χ1v) is 17.6. The van der Waals surface area contributed by atoms with Crippen LogP contribution >= 0.6 is 11.3 Å². The lowest BCUT2D eigenvalue weighted by molar-refractivity contribution is 0.109. The van der Waals surface area contributed by atoms with Gasteiger partial charge in [0.05, 0.1) is 29.7 Å². The number of aliphatic imine (C=N–C) groups is 1. The summed E-state index contributed by atoms with van der Waals surface area (Å²) in [4.78, 5) is 15.8. The summed E-state index contributed by atoms with van der Waals surface area (Å²) in [6.45, 7) is 16.4. The summed E-state index contributed by atoms with van der Waals surface area (Å²) in [5.74, 6) is 0.674. The molecule has 0 spiro atoms. The van der Waals surface area contributed by atoms with Gasteiger partial charge in [0.25, 0.3) is 0 Å². The van der Waals surface area contributed by atoms with Gasteiger partial charge in [-0.1, -0.05) is 44.8 Å². The standard InChI is InChI=1S/C27H41N7O2SSi/c1-18(2)26-32-33-27(37-26)34(17-35-11-12-38(6,7)8)25-10-9-23-24(31-25)13-20(14-30-23)21(15-29-5)22(28)16-36-19(3)4/h9-10,13-15,18-19,21,28H,11-12,16-17H2,1-8H3. The van der Waals surface area contributed by atoms with Crippen molar-refractivity contribution < 1.29 is 9.47 Å². The van der Waals surface area contributed by atoms with Crippen LogP contribution in [0.3, 0.4) is 0 Å². The van der Waals surface area contributed by atoms with Gasteiger partial charge in [0, 0.05) is 45.8 Å². The summed E-state index contributed by atoms with van der Waals surface area (Å²) in [5, 5.41) is 19.2. The first kappa shape index (κ1) is 29.9. The van der Waals surface area contributed by atoms with Crippen molar-refractivity contribution in [3.8, 4) is 0 Å². The fourth-order valence-electron chi connectivity index (χ4n) is 3.53. The Bertz CT molecular complexity index is 1240. The Balaban J connectivity index is 1.94. The Labute approximate surface area is 231 Å². The molecular weight excluding hydrogens is 514 g/mol. The normalized spacial score (nSPS) is 13.2. The number of pyridine rings is 2. The third kappa shape index (κ3) is 8.45. The average Bonchev–Trinajstić information content (AvgIpc) is 3.35. The van der Waals surface area contributed by atoms with E-state index >= 15 is 0 Å². The first-order chi connectivity index (χ1) is 18.0. The summed E-state index contributed by atoms with van der Waals surface area (Å²) >= 11 is 1.56. The second-order valence-electron chi connectivity index (χ2n) is 11.1. The molecule has 0 fully saturated rings. The number of hydrogen-bond acceptors (Lipinski definition) is 10. The van der Waals surface area contributed by atoms with Gasteiger partial charge < -0.3 is 14.9 Å². The molecule has 3 rings (SSSR count). The topological polar surface area (TPSA) is 109 Å². The van der Waals surface area contributed by atoms with Crippen LogP contribution in [0.1, 0.15) is 50.1 Å². The molecule has 1 atom stereocenters. The van der Waals surface area contributed by atoms with Crippen molar-refractivity contribution in [2.45, 2.75) is 71.3 Å². The molecule has 1 N–H and O–H groups in total. The van der Waals surface area contributed by atoms with E-state index in [-0.39, 0.29) is 18.6 Å². The predicted molar refractivity (Wildman–Crippen MR) is 161 cm³/mol. The van der Waals surface area contributed by atoms with E-state index in [0.29, 0.717) is 25.0 Å². The molecular formula is C27H41N7O2SSi. The van der Waals surface area contributed by atoms with Crippen LogP contribution in [-0.4, -0.2) is 73.3 Å². The average molecular weight is 556 g/mol. The highest BCUT2D eigenvalue weighted by Gasteiger charge is 2.21. The molecule has 0 aliphatic rings. The summed E-state index contributed by atoms with van der Waals surface area (Å²) in [5.41, 5.74) is 2.78. The minimum absolute atomic E-state index is 0.0454. The highest BCUT2D eigenvalue weighted by molar-refractivity contribution is 7.15. The zero-order chi connectivity index (χ0) is 27.9. The van der Waals surface area contributed by atoms with Gasteiger partial charge in [0.1, 0.15) is 17.6 Å². The number of ether oxygens (including phenoxy) is 2. The van der Waals surface area contributed by atoms with E-state index in [1.807, 2.05) is 36.9 Å². The molecule has 1 unspecified atom stereocenters. The number of aromatic nitrogens is 4. The molecule has 0 amide bonds. The van der Waals surface area contributed by atoms with Gasteiger partial charge in [0.2, 0.25) is 5.13 Å². The first-order valence-electron chi connectivity index (χ1n) is 13.0. The van der Waals surface area contributed by atoms with Gasteiger partial charge in [-0.25, -0.2) is 4.98 Å². The molecule has 0 radical (unpaired) electrons. The summed E-state index contributed by atoms with van der Waals surface area (Å²) in [7, 11) is 0.500. The van der Waals surface area contributed by atoms with Crippen LogP contribution in [0.2, 0.25) is 25.7 Å². The van der Waals surface area contributed by atoms with Crippen LogP contribution in [0.5, 0.6) is 0 Å². The molecule has 3 aromatic heterocycles. The van der Waals surface area contributed by atoms with Crippen LogP contribution in [0.15, 0.2) is 29.4 Å². The number of rotatable bonds is 14. The maximum atomic E-state index is 8.59. The van der Waals surface area contributed by atoms with E-state index in [1.54, 1.807) is 30.8 Å². The lowest BCUT2D eigenvalue weighted by Crippen LogP contribution is -2.26. The predicted octanol–water partition coefficient (Wildman–Crippen LogP) is 6.28. The number of anilines is 2. The van der Waals surface area contributed by atoms with Crippen molar-refractivity contribution in [3.05, 3.63) is 35.0 Å². The van der Waals surface area contributed by atoms with E-state index in [2.05, 4.69) is 53.7 Å². The van der Waals surface area contributed by atoms with Gasteiger partial charge in [-0.05, 0) is 43.7 Å². The fourth-order valence-corrected chi connectivity index (χ4v) is 5.13. The lowest BCUT2D eigenvalue weighted by atomic mass is 9.96. The number of hydrogen-bond donors (Lipinski definition) is 1. The van der Waals surface area contributed by atoms with Gasteiger partial charge in [0.15, 0.2) is 0 Å². The van der Waals surface area contributed by atoms with E-state index < -0.39 is 8.07 Å². The van der Waals surface area contributed by atoms with E-state index in [4.69, 9.17) is 19.9 Å². The SMILES string of the molecule is CN=CC(C(=N)COC(C)C)c1cnc2ccc(N(COCC[Si](C)(C)C)c3nnc(C(C)C)s3)nc2c1. The molecule has 0 saturated heterocycles. The molecule has 38 heavy (non-hydrogen) atoms. The third-order valence-electron chi connectivity index (χ3n) is 5.80. The molecule has 0 aliphatic carbocycles. The van der Waals surface area contributed by atoms with Crippen LogP contribution < -0.4 is 4.90 Å². The van der Waals surface area contributed by atoms with Gasteiger partial charge in [-0.3, -0.25) is 14.9 Å². The molecule has 0 bridgehead atoms. The lowest BCUT2D eigenvalue weighted by Gasteiger charge is -2.22. The van der Waals surface area contributed by atoms with Crippen molar-refractivity contribution in [1.82, 2.24) is 20.2 Å². The van der Waals surface area contributed by atoms with Crippen molar-refractivity contribution in [2.75, 3.05) is 31.9 Å². The smallest absolute Gasteiger partial charge is 0.215 e. The molecule has 0 aromatic carbocycles. The molecule has 11 heteroatoms. The van der Waals surface area contributed by atoms with Crippen molar-refractivity contribution >= 4 is 53.3 Å². The summed E-state index contributed by atoms with van der Waals surface area (Å²) < 4.78 is 11.8. The largest absolute Gasteiger partial charge is 0.373 e. The Hall–Kier alpha value is -2.60. The van der Waals surface area contributed by atoms with E-state index in [9.17, 15) is 0 Å². The highest BCUT2D eigenvalue weighted by Crippen LogP contribution is 2.31. The van der Waals surface area contributed by atoms with Crippen molar-refractivity contribution in [1.29, 1.82) is 5.41 Å². The Kier molecular flexibility index (Phi) is 10.6. The fraction of sp³-hybridized carbons (Fsp3) is 0.556. The van der Waals surface area contributed by atoms with Crippen molar-refractivity contribution in [3.63, 3.8) is 0 Å². The van der Waals surface area contributed by atoms with Crippen LogP contribution in [0, 0.1) is 5.41 Å². The Morgan fingerprint density at radius 1 is 1.16 bits per heavy atom. The third-order valence-corrected chi connectivity index (χ3v) is 8.75. The van der Waals surface area contributed by atoms with Crippen LogP contribution in [0.4, 0.5) is 10.9 Å². The maximum Gasteiger partial charge on any atom is 0.215 e. The quantitative estimate of drug-likeness (QED) is 0.108. The van der Waals surface area contributed by atoms with Crippen molar-refractivity contribution in [2.24, 2.45) is 4.99 Å². The summed E-state index contributed by atoms with van der Waals surface area (Å²) in [6.07, 6.45) is 3.59. The maximum absolute atomic E-state index is 8.59. The molecule has 0 saturated carbocycles. The molecule has 0 aliphatic heterocycles. The zero-order valence-corrected chi connectivity index (χ0v) is 25.7. The van der Waals surface area contributed by atoms with Crippen LogP contribution in [-0.2, 0) is 9.47 Å².